The van der Waals surface area contributed by atoms with Crippen molar-refractivity contribution < 1.29 is 5.11 Å². The lowest BCUT2D eigenvalue weighted by Gasteiger charge is -2.10. The predicted octanol–water partition coefficient (Wildman–Crippen LogP) is 0.309. The molecule has 0 unspecified atom stereocenters. The third kappa shape index (κ3) is 1.85. The topological polar surface area (TPSA) is 85.2 Å². The van der Waals surface area contributed by atoms with Crippen molar-refractivity contribution >= 4 is 17.4 Å². The first-order chi connectivity index (χ1) is 5.65. The van der Waals surface area contributed by atoms with Gasteiger partial charge in [0.05, 0.1) is 17.7 Å². The van der Waals surface area contributed by atoms with Crippen LogP contribution in [0.5, 0.6) is 0 Å². The van der Waals surface area contributed by atoms with E-state index in [1.165, 1.54) is 6.20 Å². The van der Waals surface area contributed by atoms with Gasteiger partial charge in [0.25, 0.3) is 0 Å². The van der Waals surface area contributed by atoms with E-state index in [0.717, 1.165) is 0 Å². The molecule has 5 heteroatoms. The number of nitrogens with two attached hydrogens (primary N) is 2. The average Bonchev–Trinajstić information content (AvgIpc) is 2.08. The summed E-state index contributed by atoms with van der Waals surface area (Å²) in [6.07, 6.45) is 1.44. The Bertz CT molecular complexity index is 279. The minimum atomic E-state index is -0.517. The number of aromatic nitrogens is 1. The summed E-state index contributed by atoms with van der Waals surface area (Å²) in [4.78, 5) is 3.80. The second-order valence-corrected chi connectivity index (χ2v) is 2.85. The van der Waals surface area contributed by atoms with Gasteiger partial charge in [-0.2, -0.15) is 0 Å². The number of aliphatic hydroxyl groups excluding tert-OH is 1. The third-order valence-corrected chi connectivity index (χ3v) is 1.72. The number of halogens is 1. The van der Waals surface area contributed by atoms with Gasteiger partial charge in [0.2, 0.25) is 0 Å². The molecule has 0 spiro atoms. The molecule has 0 bridgehead atoms. The van der Waals surface area contributed by atoms with Crippen molar-refractivity contribution in [2.75, 3.05) is 12.3 Å². The van der Waals surface area contributed by atoms with Gasteiger partial charge in [-0.3, -0.25) is 0 Å². The Morgan fingerprint density at radius 2 is 2.33 bits per heavy atom. The van der Waals surface area contributed by atoms with Gasteiger partial charge in [0.1, 0.15) is 5.82 Å². The lowest BCUT2D eigenvalue weighted by molar-refractivity contribution is 0.268. The highest BCUT2D eigenvalue weighted by Gasteiger charge is 2.09. The zero-order chi connectivity index (χ0) is 9.14. The van der Waals surface area contributed by atoms with E-state index in [2.05, 4.69) is 4.98 Å². The number of hydrogen-bond donors (Lipinski definition) is 3. The van der Waals surface area contributed by atoms with Crippen molar-refractivity contribution in [3.63, 3.8) is 0 Å². The van der Waals surface area contributed by atoms with Crippen LogP contribution in [-0.2, 0) is 0 Å². The summed E-state index contributed by atoms with van der Waals surface area (Å²) in [5.41, 5.74) is 11.6. The van der Waals surface area contributed by atoms with Crippen LogP contribution in [0, 0.1) is 0 Å². The molecular weight excluding hydrogens is 178 g/mol. The summed E-state index contributed by atoms with van der Waals surface area (Å²) in [6.45, 7) is -0.174. The molecular formula is C7H10ClN3O. The Labute approximate surface area is 75.2 Å². The molecule has 12 heavy (non-hydrogen) atoms. The number of nitrogen functional groups attached to an aromatic ring is 1. The molecule has 0 aromatic carbocycles. The van der Waals surface area contributed by atoms with E-state index in [1.807, 2.05) is 0 Å². The van der Waals surface area contributed by atoms with Gasteiger partial charge in [0.15, 0.2) is 0 Å². The Balaban J connectivity index is 3.04. The molecule has 0 amide bonds. The van der Waals surface area contributed by atoms with Crippen LogP contribution in [0.25, 0.3) is 0 Å². The monoisotopic (exact) mass is 187 g/mol. The van der Waals surface area contributed by atoms with Gasteiger partial charge < -0.3 is 16.6 Å². The van der Waals surface area contributed by atoms with Crippen molar-refractivity contribution in [3.8, 4) is 0 Å². The first-order valence-electron chi connectivity index (χ1n) is 3.42. The molecule has 5 N–H and O–H groups in total. The molecule has 1 atom stereocenters. The second kappa shape index (κ2) is 3.71. The predicted molar refractivity (Wildman–Crippen MR) is 47.7 cm³/mol. The van der Waals surface area contributed by atoms with Crippen LogP contribution < -0.4 is 11.5 Å². The summed E-state index contributed by atoms with van der Waals surface area (Å²) in [5.74, 6) is 0.306. The molecule has 1 aromatic rings. The Morgan fingerprint density at radius 1 is 1.67 bits per heavy atom. The molecule has 0 aliphatic rings. The largest absolute Gasteiger partial charge is 0.394 e. The highest BCUT2D eigenvalue weighted by Crippen LogP contribution is 2.19. The lowest BCUT2D eigenvalue weighted by atomic mass is 10.1. The fourth-order valence-corrected chi connectivity index (χ4v) is 1.03. The van der Waals surface area contributed by atoms with Crippen LogP contribution >= 0.6 is 11.6 Å². The van der Waals surface area contributed by atoms with Gasteiger partial charge in [-0.15, -0.1) is 0 Å². The van der Waals surface area contributed by atoms with E-state index in [4.69, 9.17) is 28.2 Å². The highest BCUT2D eigenvalue weighted by atomic mass is 35.5. The van der Waals surface area contributed by atoms with Crippen LogP contribution in [0.1, 0.15) is 11.6 Å². The average molecular weight is 188 g/mol. The molecule has 0 aliphatic heterocycles. The standard InChI is InChI=1S/C7H10ClN3O/c8-4-1-5(6(9)3-12)7(10)11-2-4/h1-2,6,12H,3,9H2,(H2,10,11)/t6-/m1/s1. The summed E-state index contributed by atoms with van der Waals surface area (Å²) in [5, 5.41) is 9.21. The van der Waals surface area contributed by atoms with Gasteiger partial charge in [-0.25, -0.2) is 4.98 Å². The molecule has 0 saturated heterocycles. The van der Waals surface area contributed by atoms with E-state index in [0.29, 0.717) is 16.4 Å². The van der Waals surface area contributed by atoms with Gasteiger partial charge >= 0.3 is 0 Å². The first kappa shape index (κ1) is 9.25. The molecule has 4 nitrogen and oxygen atoms in total. The SMILES string of the molecule is Nc1ncc(Cl)cc1[C@H](N)CO. The number of anilines is 1. The third-order valence-electron chi connectivity index (χ3n) is 1.51. The quantitative estimate of drug-likeness (QED) is 0.622. The van der Waals surface area contributed by atoms with Crippen LogP contribution in [0.2, 0.25) is 5.02 Å². The Morgan fingerprint density at radius 3 is 2.92 bits per heavy atom. The maximum Gasteiger partial charge on any atom is 0.128 e. The Kier molecular flexibility index (Phi) is 2.86. The Hall–Kier alpha value is -0.840. The number of nitrogens with zero attached hydrogens (tertiary/aromatic N) is 1. The van der Waals surface area contributed by atoms with Crippen molar-refractivity contribution in [1.29, 1.82) is 0 Å². The van der Waals surface area contributed by atoms with E-state index >= 15 is 0 Å². The summed E-state index contributed by atoms with van der Waals surface area (Å²) >= 11 is 5.66. The molecule has 1 rings (SSSR count). The number of rotatable bonds is 2. The molecule has 0 saturated carbocycles. The highest BCUT2D eigenvalue weighted by molar-refractivity contribution is 6.30. The fourth-order valence-electron chi connectivity index (χ4n) is 0.861. The van der Waals surface area contributed by atoms with Crippen LogP contribution in [-0.4, -0.2) is 16.7 Å². The summed E-state index contributed by atoms with van der Waals surface area (Å²) in [6, 6.07) is 1.08. The summed E-state index contributed by atoms with van der Waals surface area (Å²) < 4.78 is 0. The molecule has 1 aromatic heterocycles. The maximum absolute atomic E-state index is 8.75. The molecule has 1 heterocycles. The maximum atomic E-state index is 8.75. The van der Waals surface area contributed by atoms with E-state index in [-0.39, 0.29) is 6.61 Å². The first-order valence-corrected chi connectivity index (χ1v) is 3.80. The van der Waals surface area contributed by atoms with Crippen LogP contribution in [0.15, 0.2) is 12.3 Å². The van der Waals surface area contributed by atoms with Crippen molar-refractivity contribution in [2.24, 2.45) is 5.73 Å². The number of pyridine rings is 1. The summed E-state index contributed by atoms with van der Waals surface area (Å²) in [7, 11) is 0. The molecule has 0 radical (unpaired) electrons. The molecule has 0 fully saturated rings. The minimum absolute atomic E-state index is 0.174. The van der Waals surface area contributed by atoms with E-state index < -0.39 is 6.04 Å². The normalized spacial score (nSPS) is 12.9. The van der Waals surface area contributed by atoms with Crippen molar-refractivity contribution in [1.82, 2.24) is 4.98 Å². The second-order valence-electron chi connectivity index (χ2n) is 2.42. The van der Waals surface area contributed by atoms with Crippen molar-refractivity contribution in [3.05, 3.63) is 22.8 Å². The number of hydrogen-bond acceptors (Lipinski definition) is 4. The minimum Gasteiger partial charge on any atom is -0.394 e. The number of aliphatic hydroxyl groups is 1. The molecule has 0 aliphatic carbocycles. The van der Waals surface area contributed by atoms with E-state index in [9.17, 15) is 0 Å². The zero-order valence-corrected chi connectivity index (χ0v) is 7.12. The zero-order valence-electron chi connectivity index (χ0n) is 6.37. The van der Waals surface area contributed by atoms with Gasteiger partial charge in [0, 0.05) is 11.8 Å². The fraction of sp³-hybridized carbons (Fsp3) is 0.286. The van der Waals surface area contributed by atoms with E-state index in [1.54, 1.807) is 6.07 Å². The smallest absolute Gasteiger partial charge is 0.128 e. The van der Waals surface area contributed by atoms with Gasteiger partial charge in [-0.1, -0.05) is 11.6 Å². The molecule has 66 valence electrons. The lowest BCUT2D eigenvalue weighted by Crippen LogP contribution is -2.16. The van der Waals surface area contributed by atoms with Crippen LogP contribution in [0.3, 0.4) is 0 Å². The van der Waals surface area contributed by atoms with Gasteiger partial charge in [-0.05, 0) is 6.07 Å². The van der Waals surface area contributed by atoms with Crippen LogP contribution in [0.4, 0.5) is 5.82 Å². The van der Waals surface area contributed by atoms with Crippen molar-refractivity contribution in [2.45, 2.75) is 6.04 Å².